The van der Waals surface area contributed by atoms with Crippen LogP contribution in [0, 0.1) is 6.92 Å². The second-order valence-corrected chi connectivity index (χ2v) is 9.55. The van der Waals surface area contributed by atoms with E-state index in [2.05, 4.69) is 15.6 Å². The summed E-state index contributed by atoms with van der Waals surface area (Å²) in [6, 6.07) is 18.8. The number of fused-ring (bicyclic) bond motifs is 2. The smallest absolute Gasteiger partial charge is 0.336 e. The van der Waals surface area contributed by atoms with E-state index in [1.165, 1.54) is 18.2 Å². The fraction of sp³-hybridized carbons (Fsp3) is 0.167. The van der Waals surface area contributed by atoms with Gasteiger partial charge >= 0.3 is 5.63 Å². The lowest BCUT2D eigenvalue weighted by Gasteiger charge is -2.21. The minimum atomic E-state index is -0.942. The van der Waals surface area contributed by atoms with Gasteiger partial charge in [-0.3, -0.25) is 9.59 Å². The molecule has 2 aromatic heterocycles. The molecule has 9 nitrogen and oxygen atoms in total. The Labute approximate surface area is 235 Å². The molecule has 2 amide bonds. The van der Waals surface area contributed by atoms with E-state index in [9.17, 15) is 19.5 Å². The van der Waals surface area contributed by atoms with Gasteiger partial charge in [0, 0.05) is 46.7 Å². The van der Waals surface area contributed by atoms with E-state index in [0.29, 0.717) is 11.3 Å². The maximum atomic E-state index is 13.5. The minimum absolute atomic E-state index is 0. The van der Waals surface area contributed by atoms with Gasteiger partial charge in [-0.05, 0) is 60.4 Å². The Kier molecular flexibility index (Phi) is 8.57. The fourth-order valence-electron chi connectivity index (χ4n) is 4.62. The quantitative estimate of drug-likeness (QED) is 0.181. The molecule has 0 unspecified atom stereocenters. The lowest BCUT2D eigenvalue weighted by molar-refractivity contribution is -0.127. The number of rotatable bonds is 8. The molecule has 40 heavy (non-hydrogen) atoms. The predicted molar refractivity (Wildman–Crippen MR) is 157 cm³/mol. The number of para-hydroxylation sites is 1. The monoisotopic (exact) mass is 560 g/mol. The van der Waals surface area contributed by atoms with Crippen LogP contribution in [-0.2, 0) is 22.4 Å². The van der Waals surface area contributed by atoms with Crippen LogP contribution in [0.25, 0.3) is 21.9 Å². The Morgan fingerprint density at radius 2 is 1.73 bits per heavy atom. The average Bonchev–Trinajstić information content (AvgIpc) is 3.32. The molecule has 0 fully saturated rings. The van der Waals surface area contributed by atoms with Crippen molar-refractivity contribution in [3.8, 4) is 5.75 Å². The third-order valence-corrected chi connectivity index (χ3v) is 6.68. The van der Waals surface area contributed by atoms with Crippen LogP contribution >= 0.6 is 12.4 Å². The van der Waals surface area contributed by atoms with Crippen LogP contribution in [-0.4, -0.2) is 34.0 Å². The summed E-state index contributed by atoms with van der Waals surface area (Å²) in [5.41, 5.74) is 9.82. The number of amides is 2. The van der Waals surface area contributed by atoms with E-state index in [1.807, 2.05) is 37.4 Å². The van der Waals surface area contributed by atoms with Gasteiger partial charge < -0.3 is 30.9 Å². The van der Waals surface area contributed by atoms with E-state index in [1.54, 1.807) is 30.3 Å². The number of phenols is 1. The largest absolute Gasteiger partial charge is 0.508 e. The number of aromatic hydroxyl groups is 1. The first kappa shape index (κ1) is 28.4. The van der Waals surface area contributed by atoms with E-state index in [-0.39, 0.29) is 31.0 Å². The van der Waals surface area contributed by atoms with Gasteiger partial charge in [0.05, 0.1) is 6.04 Å². The molecule has 0 aliphatic rings. The maximum absolute atomic E-state index is 13.5. The topological polar surface area (TPSA) is 150 Å². The number of phenolic OH excluding ortho intramolecular Hbond substituents is 1. The first-order valence-corrected chi connectivity index (χ1v) is 12.5. The molecule has 2 atom stereocenters. The number of halogens is 1. The molecule has 0 bridgehead atoms. The third-order valence-electron chi connectivity index (χ3n) is 6.68. The molecule has 5 rings (SSSR count). The average molecular weight is 561 g/mol. The molecule has 5 aromatic rings. The zero-order valence-electron chi connectivity index (χ0n) is 21.6. The second kappa shape index (κ2) is 12.1. The Morgan fingerprint density at radius 1 is 0.975 bits per heavy atom. The number of aromatic amines is 1. The van der Waals surface area contributed by atoms with Gasteiger partial charge in [0.2, 0.25) is 11.8 Å². The van der Waals surface area contributed by atoms with Crippen LogP contribution in [0.15, 0.2) is 88.2 Å². The number of hydrogen-bond acceptors (Lipinski definition) is 6. The highest BCUT2D eigenvalue weighted by atomic mass is 35.5. The highest BCUT2D eigenvalue weighted by molar-refractivity contribution is 5.99. The molecule has 206 valence electrons. The summed E-state index contributed by atoms with van der Waals surface area (Å²) < 4.78 is 5.31. The number of nitrogens with two attached hydrogens (primary N) is 1. The maximum Gasteiger partial charge on any atom is 0.336 e. The Balaban J connectivity index is 0.00000370. The Bertz CT molecular complexity index is 1730. The van der Waals surface area contributed by atoms with E-state index >= 15 is 0 Å². The zero-order valence-corrected chi connectivity index (χ0v) is 22.5. The number of carbonyl (C=O) groups is 2. The molecule has 0 aliphatic carbocycles. The van der Waals surface area contributed by atoms with Crippen molar-refractivity contribution in [3.05, 3.63) is 106 Å². The highest BCUT2D eigenvalue weighted by Crippen LogP contribution is 2.22. The van der Waals surface area contributed by atoms with Crippen LogP contribution in [0.4, 0.5) is 5.69 Å². The van der Waals surface area contributed by atoms with E-state index < -0.39 is 29.5 Å². The number of hydrogen-bond donors (Lipinski definition) is 5. The number of aromatic nitrogens is 1. The standard InChI is InChI=1S/C30H28N4O5.ClH/c1-17-12-28(36)39-27-15-20(8-11-22(17)27)33-30(38)26(14-19-16-32-25-5-3-2-4-23(19)25)34-29(37)24(31)13-18-6-9-21(35)10-7-18;/h2-12,15-16,24,26,32,35H,13-14,31H2,1H3,(H,33,38)(H,34,37);1H/t24-,26+;/m0./s1. The number of anilines is 1. The third kappa shape index (κ3) is 6.33. The van der Waals surface area contributed by atoms with Crippen molar-refractivity contribution in [1.82, 2.24) is 10.3 Å². The molecule has 0 spiro atoms. The summed E-state index contributed by atoms with van der Waals surface area (Å²) in [7, 11) is 0. The van der Waals surface area contributed by atoms with Gasteiger partial charge in [-0.15, -0.1) is 12.4 Å². The van der Waals surface area contributed by atoms with Gasteiger partial charge in [0.1, 0.15) is 17.4 Å². The molecular weight excluding hydrogens is 532 g/mol. The molecule has 6 N–H and O–H groups in total. The van der Waals surface area contributed by atoms with Crippen molar-refractivity contribution < 1.29 is 19.1 Å². The summed E-state index contributed by atoms with van der Waals surface area (Å²) in [5.74, 6) is -0.807. The van der Waals surface area contributed by atoms with Gasteiger partial charge in [0.25, 0.3) is 0 Å². The normalized spacial score (nSPS) is 12.4. The van der Waals surface area contributed by atoms with Crippen molar-refractivity contribution >= 4 is 51.8 Å². The SMILES string of the molecule is Cc1cc(=O)oc2cc(NC(=O)[C@@H](Cc3c[nH]c4ccccc34)NC(=O)[C@@H](N)Cc3ccc(O)cc3)ccc12.Cl. The number of H-pyrrole nitrogens is 1. The van der Waals surface area contributed by atoms with Crippen molar-refractivity contribution in [3.63, 3.8) is 0 Å². The first-order valence-electron chi connectivity index (χ1n) is 12.5. The molecular formula is C30H29ClN4O5. The Hall–Kier alpha value is -4.60. The lowest BCUT2D eigenvalue weighted by Crippen LogP contribution is -2.51. The van der Waals surface area contributed by atoms with Crippen molar-refractivity contribution in [2.75, 3.05) is 5.32 Å². The summed E-state index contributed by atoms with van der Waals surface area (Å²) in [6.07, 6.45) is 2.27. The summed E-state index contributed by atoms with van der Waals surface area (Å²) >= 11 is 0. The fourth-order valence-corrected chi connectivity index (χ4v) is 4.62. The summed E-state index contributed by atoms with van der Waals surface area (Å²) in [6.45, 7) is 1.81. The van der Waals surface area contributed by atoms with Crippen LogP contribution in [0.3, 0.4) is 0 Å². The van der Waals surface area contributed by atoms with Gasteiger partial charge in [0.15, 0.2) is 0 Å². The minimum Gasteiger partial charge on any atom is -0.508 e. The molecule has 0 saturated heterocycles. The molecule has 2 heterocycles. The van der Waals surface area contributed by atoms with Crippen molar-refractivity contribution in [2.45, 2.75) is 31.8 Å². The van der Waals surface area contributed by atoms with Crippen LogP contribution in [0.5, 0.6) is 5.75 Å². The number of aryl methyl sites for hydroxylation is 1. The van der Waals surface area contributed by atoms with Crippen molar-refractivity contribution in [1.29, 1.82) is 0 Å². The number of carbonyl (C=O) groups excluding carboxylic acids is 2. The summed E-state index contributed by atoms with van der Waals surface area (Å²) in [5, 5.41) is 16.9. The van der Waals surface area contributed by atoms with Gasteiger partial charge in [-0.1, -0.05) is 30.3 Å². The summed E-state index contributed by atoms with van der Waals surface area (Å²) in [4.78, 5) is 41.6. The van der Waals surface area contributed by atoms with Crippen LogP contribution in [0.1, 0.15) is 16.7 Å². The van der Waals surface area contributed by atoms with E-state index in [0.717, 1.165) is 33.0 Å². The molecule has 3 aromatic carbocycles. The van der Waals surface area contributed by atoms with E-state index in [4.69, 9.17) is 10.2 Å². The predicted octanol–water partition coefficient (Wildman–Crippen LogP) is 3.95. The highest BCUT2D eigenvalue weighted by Gasteiger charge is 2.26. The van der Waals surface area contributed by atoms with Crippen molar-refractivity contribution in [2.24, 2.45) is 5.73 Å². The van der Waals surface area contributed by atoms with Gasteiger partial charge in [-0.25, -0.2) is 4.79 Å². The lowest BCUT2D eigenvalue weighted by atomic mass is 10.0. The number of benzene rings is 3. The molecule has 0 saturated carbocycles. The Morgan fingerprint density at radius 3 is 2.50 bits per heavy atom. The van der Waals surface area contributed by atoms with Crippen LogP contribution < -0.4 is 22.0 Å². The van der Waals surface area contributed by atoms with Gasteiger partial charge in [-0.2, -0.15) is 0 Å². The molecule has 0 aliphatic heterocycles. The first-order chi connectivity index (χ1) is 18.8. The molecule has 0 radical (unpaired) electrons. The second-order valence-electron chi connectivity index (χ2n) is 9.55. The molecule has 10 heteroatoms. The zero-order chi connectivity index (χ0) is 27.5. The number of nitrogens with one attached hydrogen (secondary N) is 3. The van der Waals surface area contributed by atoms with Crippen LogP contribution in [0.2, 0.25) is 0 Å².